The summed E-state index contributed by atoms with van der Waals surface area (Å²) in [7, 11) is -3.66. The minimum Gasteiger partial charge on any atom is -0.353 e. The number of primary sulfonamides is 1. The summed E-state index contributed by atoms with van der Waals surface area (Å²) < 4.78 is 22.3. The second-order valence-electron chi connectivity index (χ2n) is 6.34. The fraction of sp³-hybridized carbons (Fsp3) is 0.533. The van der Waals surface area contributed by atoms with E-state index in [1.807, 2.05) is 6.92 Å². The van der Waals surface area contributed by atoms with Gasteiger partial charge in [0.2, 0.25) is 15.9 Å². The molecule has 0 heterocycles. The Morgan fingerprint density at radius 1 is 1.24 bits per heavy atom. The average molecular weight is 312 g/mol. The molecule has 5 nitrogen and oxygen atoms in total. The Labute approximate surface area is 127 Å². The molecule has 1 rings (SSSR count). The maximum atomic E-state index is 11.9. The summed E-state index contributed by atoms with van der Waals surface area (Å²) >= 11 is 0. The van der Waals surface area contributed by atoms with Crippen LogP contribution < -0.4 is 10.5 Å². The summed E-state index contributed by atoms with van der Waals surface area (Å²) in [5.74, 6) is -0.00653. The molecule has 0 bridgehead atoms. The lowest BCUT2D eigenvalue weighted by atomic mass is 9.88. The number of nitrogens with one attached hydrogen (secondary N) is 1. The third-order valence-electron chi connectivity index (χ3n) is 3.57. The summed E-state index contributed by atoms with van der Waals surface area (Å²) in [5.41, 5.74) is 0.924. The second-order valence-corrected chi connectivity index (χ2v) is 7.91. The first-order valence-corrected chi connectivity index (χ1v) is 8.46. The Morgan fingerprint density at radius 3 is 2.19 bits per heavy atom. The summed E-state index contributed by atoms with van der Waals surface area (Å²) in [6.45, 7) is 8.20. The van der Waals surface area contributed by atoms with Crippen LogP contribution in [0.4, 0.5) is 0 Å². The molecule has 1 amide bonds. The van der Waals surface area contributed by atoms with Crippen molar-refractivity contribution < 1.29 is 13.2 Å². The molecule has 21 heavy (non-hydrogen) atoms. The van der Waals surface area contributed by atoms with Gasteiger partial charge in [0.1, 0.15) is 0 Å². The molecule has 6 heteroatoms. The van der Waals surface area contributed by atoms with E-state index in [0.29, 0.717) is 12.8 Å². The van der Waals surface area contributed by atoms with Crippen LogP contribution >= 0.6 is 0 Å². The Kier molecular flexibility index (Phi) is 5.53. The molecule has 1 atom stereocenters. The van der Waals surface area contributed by atoms with Crippen LogP contribution in [-0.2, 0) is 21.2 Å². The van der Waals surface area contributed by atoms with Crippen molar-refractivity contribution in [2.45, 2.75) is 51.5 Å². The number of benzene rings is 1. The third-order valence-corrected chi connectivity index (χ3v) is 4.50. The molecule has 0 saturated carbocycles. The van der Waals surface area contributed by atoms with Crippen molar-refractivity contribution in [2.75, 3.05) is 0 Å². The standard InChI is InChI=1S/C15H24N2O3S/c1-11(15(2,3)4)17-14(18)10-7-12-5-8-13(9-6-12)21(16,19)20/h5-6,8-9,11H,7,10H2,1-4H3,(H,17,18)(H2,16,19,20). The summed E-state index contributed by atoms with van der Waals surface area (Å²) in [6, 6.07) is 6.37. The molecule has 1 aromatic carbocycles. The van der Waals surface area contributed by atoms with Gasteiger partial charge in [-0.15, -0.1) is 0 Å². The Hall–Kier alpha value is -1.40. The highest BCUT2D eigenvalue weighted by Crippen LogP contribution is 2.18. The zero-order valence-electron chi connectivity index (χ0n) is 13.0. The molecule has 3 N–H and O–H groups in total. The van der Waals surface area contributed by atoms with Gasteiger partial charge in [-0.1, -0.05) is 32.9 Å². The van der Waals surface area contributed by atoms with Gasteiger partial charge in [0.25, 0.3) is 0 Å². The van der Waals surface area contributed by atoms with Gasteiger partial charge in [-0.3, -0.25) is 4.79 Å². The van der Waals surface area contributed by atoms with E-state index in [4.69, 9.17) is 5.14 Å². The number of carbonyl (C=O) groups is 1. The van der Waals surface area contributed by atoms with Crippen molar-refractivity contribution in [3.63, 3.8) is 0 Å². The fourth-order valence-corrected chi connectivity index (χ4v) is 2.15. The van der Waals surface area contributed by atoms with Crippen molar-refractivity contribution in [3.05, 3.63) is 29.8 Å². The van der Waals surface area contributed by atoms with Gasteiger partial charge in [0.05, 0.1) is 4.90 Å². The first-order chi connectivity index (χ1) is 9.50. The minimum atomic E-state index is -3.66. The summed E-state index contributed by atoms with van der Waals surface area (Å²) in [6.07, 6.45) is 0.933. The van der Waals surface area contributed by atoms with Crippen LogP contribution in [0.25, 0.3) is 0 Å². The van der Waals surface area contributed by atoms with Gasteiger partial charge in [-0.05, 0) is 36.5 Å². The average Bonchev–Trinajstić information content (AvgIpc) is 2.34. The normalized spacial score (nSPS) is 13.8. The van der Waals surface area contributed by atoms with Crippen molar-refractivity contribution in [1.29, 1.82) is 0 Å². The highest BCUT2D eigenvalue weighted by Gasteiger charge is 2.21. The molecule has 0 saturated heterocycles. The number of amides is 1. The van der Waals surface area contributed by atoms with E-state index in [-0.39, 0.29) is 22.3 Å². The van der Waals surface area contributed by atoms with Crippen LogP contribution in [0.2, 0.25) is 0 Å². The molecular weight excluding hydrogens is 288 g/mol. The Morgan fingerprint density at radius 2 is 1.76 bits per heavy atom. The van der Waals surface area contributed by atoms with Crippen LogP contribution in [0.1, 0.15) is 39.7 Å². The molecule has 0 radical (unpaired) electrons. The molecule has 0 aromatic heterocycles. The number of aryl methyl sites for hydroxylation is 1. The molecule has 0 aliphatic carbocycles. The van der Waals surface area contributed by atoms with E-state index in [9.17, 15) is 13.2 Å². The van der Waals surface area contributed by atoms with Crippen molar-refractivity contribution in [1.82, 2.24) is 5.32 Å². The highest BCUT2D eigenvalue weighted by molar-refractivity contribution is 7.89. The number of carbonyl (C=O) groups excluding carboxylic acids is 1. The lowest BCUT2D eigenvalue weighted by Crippen LogP contribution is -2.41. The van der Waals surface area contributed by atoms with E-state index in [0.717, 1.165) is 5.56 Å². The van der Waals surface area contributed by atoms with Crippen molar-refractivity contribution >= 4 is 15.9 Å². The van der Waals surface area contributed by atoms with Crippen LogP contribution in [0.5, 0.6) is 0 Å². The number of sulfonamides is 1. The van der Waals surface area contributed by atoms with Crippen molar-refractivity contribution in [3.8, 4) is 0 Å². The lowest BCUT2D eigenvalue weighted by Gasteiger charge is -2.28. The van der Waals surface area contributed by atoms with Crippen LogP contribution in [-0.4, -0.2) is 20.4 Å². The monoisotopic (exact) mass is 312 g/mol. The van der Waals surface area contributed by atoms with Crippen LogP contribution in [0.3, 0.4) is 0 Å². The number of nitrogens with two attached hydrogens (primary N) is 1. The first kappa shape index (κ1) is 17.7. The molecule has 0 aliphatic heterocycles. The van der Waals surface area contributed by atoms with E-state index < -0.39 is 10.0 Å². The molecule has 0 fully saturated rings. The predicted octanol–water partition coefficient (Wildman–Crippen LogP) is 1.82. The van der Waals surface area contributed by atoms with E-state index >= 15 is 0 Å². The van der Waals surface area contributed by atoms with E-state index in [1.165, 1.54) is 12.1 Å². The zero-order chi connectivity index (χ0) is 16.3. The van der Waals surface area contributed by atoms with Gasteiger partial charge in [0.15, 0.2) is 0 Å². The van der Waals surface area contributed by atoms with Gasteiger partial charge >= 0.3 is 0 Å². The highest BCUT2D eigenvalue weighted by atomic mass is 32.2. The lowest BCUT2D eigenvalue weighted by molar-refractivity contribution is -0.122. The molecule has 1 unspecified atom stereocenters. The Bertz CT molecular complexity index is 586. The molecule has 1 aromatic rings. The van der Waals surface area contributed by atoms with Gasteiger partial charge < -0.3 is 5.32 Å². The smallest absolute Gasteiger partial charge is 0.238 e. The van der Waals surface area contributed by atoms with Gasteiger partial charge in [-0.25, -0.2) is 13.6 Å². The SMILES string of the molecule is CC(NC(=O)CCc1ccc(S(N)(=O)=O)cc1)C(C)(C)C. The van der Waals surface area contributed by atoms with Gasteiger partial charge in [0, 0.05) is 12.5 Å². The van der Waals surface area contributed by atoms with Crippen LogP contribution in [0, 0.1) is 5.41 Å². The quantitative estimate of drug-likeness (QED) is 0.869. The maximum absolute atomic E-state index is 11.9. The van der Waals surface area contributed by atoms with E-state index in [2.05, 4.69) is 26.1 Å². The zero-order valence-corrected chi connectivity index (χ0v) is 13.8. The fourth-order valence-electron chi connectivity index (χ4n) is 1.63. The topological polar surface area (TPSA) is 89.3 Å². The van der Waals surface area contributed by atoms with E-state index in [1.54, 1.807) is 12.1 Å². The Balaban J connectivity index is 2.54. The van der Waals surface area contributed by atoms with Crippen molar-refractivity contribution in [2.24, 2.45) is 10.6 Å². The molecule has 0 aliphatic rings. The number of hydrogen-bond acceptors (Lipinski definition) is 3. The number of hydrogen-bond donors (Lipinski definition) is 2. The molecule has 0 spiro atoms. The maximum Gasteiger partial charge on any atom is 0.238 e. The number of rotatable bonds is 5. The largest absolute Gasteiger partial charge is 0.353 e. The molecular formula is C15H24N2O3S. The van der Waals surface area contributed by atoms with Gasteiger partial charge in [-0.2, -0.15) is 0 Å². The minimum absolute atomic E-state index is 0.00653. The molecule has 118 valence electrons. The summed E-state index contributed by atoms with van der Waals surface area (Å²) in [5, 5.41) is 8.00. The van der Waals surface area contributed by atoms with Crippen LogP contribution in [0.15, 0.2) is 29.2 Å². The third kappa shape index (κ3) is 5.85. The predicted molar refractivity (Wildman–Crippen MR) is 83.2 cm³/mol. The summed E-state index contributed by atoms with van der Waals surface area (Å²) in [4.78, 5) is 12.0. The second kappa shape index (κ2) is 6.58. The first-order valence-electron chi connectivity index (χ1n) is 6.91.